The number of hydrogen-bond acceptors (Lipinski definition) is 5. The van der Waals surface area contributed by atoms with Crippen molar-refractivity contribution in [3.8, 4) is 5.69 Å². The molecule has 1 amide bonds. The van der Waals surface area contributed by atoms with E-state index in [1.807, 2.05) is 36.6 Å². The molecule has 0 fully saturated rings. The van der Waals surface area contributed by atoms with Crippen LogP contribution < -0.4 is 10.5 Å². The second-order valence-corrected chi connectivity index (χ2v) is 9.04. The molecule has 0 spiro atoms. The van der Waals surface area contributed by atoms with E-state index in [0.717, 1.165) is 11.3 Å². The summed E-state index contributed by atoms with van der Waals surface area (Å²) >= 11 is 2.51. The highest BCUT2D eigenvalue weighted by Crippen LogP contribution is 2.26. The Morgan fingerprint density at radius 2 is 2.00 bits per heavy atom. The number of carbonyl (C=O) groups excluding carboxylic acids is 1. The third kappa shape index (κ3) is 4.26. The normalized spacial score (nSPS) is 11.1. The van der Waals surface area contributed by atoms with Crippen LogP contribution >= 0.6 is 23.1 Å². The number of thioether (sulfide) groups is 1. The molecule has 0 unspecified atom stereocenters. The molecular formula is C23H20FN3O2S2. The quantitative estimate of drug-likeness (QED) is 0.317. The second-order valence-electron chi connectivity index (χ2n) is 7.18. The van der Waals surface area contributed by atoms with E-state index in [9.17, 15) is 14.0 Å². The molecule has 0 bridgehead atoms. The Morgan fingerprint density at radius 1 is 1.19 bits per heavy atom. The molecule has 0 aliphatic carbocycles. The zero-order valence-corrected chi connectivity index (χ0v) is 18.9. The van der Waals surface area contributed by atoms with Crippen LogP contribution in [0.4, 0.5) is 10.1 Å². The molecule has 4 aromatic rings. The van der Waals surface area contributed by atoms with Gasteiger partial charge in [-0.3, -0.25) is 14.2 Å². The van der Waals surface area contributed by atoms with E-state index in [1.54, 1.807) is 31.0 Å². The van der Waals surface area contributed by atoms with Gasteiger partial charge in [-0.2, -0.15) is 0 Å². The summed E-state index contributed by atoms with van der Waals surface area (Å²) < 4.78 is 15.6. The minimum atomic E-state index is -0.372. The lowest BCUT2D eigenvalue weighted by Gasteiger charge is -2.18. The summed E-state index contributed by atoms with van der Waals surface area (Å²) in [7, 11) is 1.73. The average molecular weight is 454 g/mol. The van der Waals surface area contributed by atoms with Crippen molar-refractivity contribution >= 4 is 44.9 Å². The Balaban J connectivity index is 1.70. The third-order valence-electron chi connectivity index (χ3n) is 4.94. The molecule has 4 rings (SSSR count). The Morgan fingerprint density at radius 3 is 2.74 bits per heavy atom. The van der Waals surface area contributed by atoms with Crippen LogP contribution in [0.2, 0.25) is 0 Å². The molecule has 0 saturated heterocycles. The van der Waals surface area contributed by atoms with Gasteiger partial charge < -0.3 is 4.90 Å². The second kappa shape index (κ2) is 8.64. The number of aromatic nitrogens is 2. The van der Waals surface area contributed by atoms with Gasteiger partial charge in [0, 0.05) is 12.7 Å². The number of nitrogens with zero attached hydrogens (tertiary/aromatic N) is 3. The van der Waals surface area contributed by atoms with Gasteiger partial charge in [0.05, 0.1) is 17.0 Å². The van der Waals surface area contributed by atoms with E-state index in [1.165, 1.54) is 39.8 Å². The van der Waals surface area contributed by atoms with Gasteiger partial charge in [-0.15, -0.1) is 11.3 Å². The van der Waals surface area contributed by atoms with Crippen LogP contribution in [-0.4, -0.2) is 28.3 Å². The minimum Gasteiger partial charge on any atom is -0.315 e. The van der Waals surface area contributed by atoms with Crippen LogP contribution in [-0.2, 0) is 4.79 Å². The van der Waals surface area contributed by atoms with Gasteiger partial charge in [0.15, 0.2) is 5.16 Å². The molecule has 2 aromatic carbocycles. The molecule has 0 saturated carbocycles. The topological polar surface area (TPSA) is 55.2 Å². The number of carbonyl (C=O) groups is 1. The van der Waals surface area contributed by atoms with Gasteiger partial charge in [0.2, 0.25) is 5.91 Å². The van der Waals surface area contributed by atoms with E-state index < -0.39 is 0 Å². The maximum atomic E-state index is 13.6. The van der Waals surface area contributed by atoms with Crippen LogP contribution in [0.5, 0.6) is 0 Å². The molecule has 0 radical (unpaired) electrons. The van der Waals surface area contributed by atoms with Gasteiger partial charge in [-0.25, -0.2) is 9.37 Å². The zero-order valence-electron chi connectivity index (χ0n) is 17.3. The fourth-order valence-electron chi connectivity index (χ4n) is 3.27. The van der Waals surface area contributed by atoms with Gasteiger partial charge in [0.25, 0.3) is 5.56 Å². The lowest BCUT2D eigenvalue weighted by Crippen LogP contribution is -2.28. The number of benzene rings is 2. The highest BCUT2D eigenvalue weighted by atomic mass is 32.2. The van der Waals surface area contributed by atoms with Crippen LogP contribution in [0.15, 0.2) is 63.9 Å². The number of thiophene rings is 1. The largest absolute Gasteiger partial charge is 0.315 e. The molecule has 31 heavy (non-hydrogen) atoms. The summed E-state index contributed by atoms with van der Waals surface area (Å²) in [5, 5.41) is 2.21. The number of aryl methyl sites for hydroxylation is 2. The first-order valence-corrected chi connectivity index (χ1v) is 11.4. The molecule has 0 N–H and O–H groups in total. The van der Waals surface area contributed by atoms with Crippen LogP contribution in [0, 0.1) is 19.7 Å². The van der Waals surface area contributed by atoms with Crippen molar-refractivity contribution in [1.82, 2.24) is 9.55 Å². The number of rotatable bonds is 5. The lowest BCUT2D eigenvalue weighted by molar-refractivity contribution is -0.115. The predicted octanol–water partition coefficient (Wildman–Crippen LogP) is 4.96. The fourth-order valence-corrected chi connectivity index (χ4v) is 4.95. The summed E-state index contributed by atoms with van der Waals surface area (Å²) in [5.41, 5.74) is 3.40. The number of fused-ring (bicyclic) bond motifs is 1. The van der Waals surface area contributed by atoms with E-state index in [-0.39, 0.29) is 23.0 Å². The van der Waals surface area contributed by atoms with Crippen LogP contribution in [0.3, 0.4) is 0 Å². The van der Waals surface area contributed by atoms with Crippen molar-refractivity contribution in [2.45, 2.75) is 19.0 Å². The van der Waals surface area contributed by atoms with Crippen LogP contribution in [0.1, 0.15) is 11.1 Å². The van der Waals surface area contributed by atoms with Crippen molar-refractivity contribution < 1.29 is 9.18 Å². The van der Waals surface area contributed by atoms with Crippen molar-refractivity contribution in [2.75, 3.05) is 17.7 Å². The zero-order chi connectivity index (χ0) is 22.1. The van der Waals surface area contributed by atoms with E-state index >= 15 is 0 Å². The Hall–Kier alpha value is -2.97. The summed E-state index contributed by atoms with van der Waals surface area (Å²) in [6, 6.07) is 13.7. The molecule has 0 atom stereocenters. The highest BCUT2D eigenvalue weighted by Gasteiger charge is 2.19. The first-order chi connectivity index (χ1) is 14.8. The van der Waals surface area contributed by atoms with E-state index in [2.05, 4.69) is 4.98 Å². The van der Waals surface area contributed by atoms with Crippen molar-refractivity contribution in [3.05, 3.63) is 81.2 Å². The smallest absolute Gasteiger partial charge is 0.276 e. The standard InChI is InChI=1S/C23H20FN3O2S2/c1-14-5-4-6-17(11-14)26(3)20(28)13-31-23-25-18-9-10-30-21(18)22(29)27(23)19-8-7-16(24)12-15(19)2/h4-12H,13H2,1-3H3. The average Bonchev–Trinajstić information content (AvgIpc) is 3.21. The lowest BCUT2D eigenvalue weighted by atomic mass is 10.2. The Labute approximate surface area is 187 Å². The Bertz CT molecular complexity index is 1350. The molecule has 0 aliphatic rings. The van der Waals surface area contributed by atoms with Crippen molar-refractivity contribution in [3.63, 3.8) is 0 Å². The highest BCUT2D eigenvalue weighted by molar-refractivity contribution is 7.99. The van der Waals surface area contributed by atoms with Crippen molar-refractivity contribution in [2.24, 2.45) is 0 Å². The fraction of sp³-hybridized carbons (Fsp3) is 0.174. The maximum absolute atomic E-state index is 13.6. The third-order valence-corrected chi connectivity index (χ3v) is 6.75. The summed E-state index contributed by atoms with van der Waals surface area (Å²) in [6.45, 7) is 3.72. The summed E-state index contributed by atoms with van der Waals surface area (Å²) in [6.07, 6.45) is 0. The summed E-state index contributed by atoms with van der Waals surface area (Å²) in [5.74, 6) is -0.381. The van der Waals surface area contributed by atoms with Gasteiger partial charge in [-0.05, 0) is 66.8 Å². The maximum Gasteiger partial charge on any atom is 0.276 e. The summed E-state index contributed by atoms with van der Waals surface area (Å²) in [4.78, 5) is 32.3. The number of hydrogen-bond donors (Lipinski definition) is 0. The number of anilines is 1. The van der Waals surface area contributed by atoms with Gasteiger partial charge >= 0.3 is 0 Å². The van der Waals surface area contributed by atoms with E-state index in [4.69, 9.17) is 0 Å². The first-order valence-electron chi connectivity index (χ1n) is 9.58. The van der Waals surface area contributed by atoms with E-state index in [0.29, 0.717) is 26.6 Å². The van der Waals surface area contributed by atoms with Gasteiger partial charge in [-0.1, -0.05) is 23.9 Å². The number of halogens is 1. The van der Waals surface area contributed by atoms with Gasteiger partial charge in [0.1, 0.15) is 10.5 Å². The molecule has 5 nitrogen and oxygen atoms in total. The van der Waals surface area contributed by atoms with Crippen LogP contribution in [0.25, 0.3) is 15.9 Å². The molecule has 2 heterocycles. The molecule has 8 heteroatoms. The number of amides is 1. The Kier molecular flexibility index (Phi) is 5.93. The van der Waals surface area contributed by atoms with Crippen molar-refractivity contribution in [1.29, 1.82) is 0 Å². The molecule has 0 aliphatic heterocycles. The molecule has 2 aromatic heterocycles. The predicted molar refractivity (Wildman–Crippen MR) is 125 cm³/mol. The molecule has 158 valence electrons. The molecular weight excluding hydrogens is 433 g/mol. The monoisotopic (exact) mass is 453 g/mol. The SMILES string of the molecule is Cc1cccc(N(C)C(=O)CSc2nc3ccsc3c(=O)n2-c2ccc(F)cc2C)c1. The first kappa shape index (κ1) is 21.3. The minimum absolute atomic E-state index is 0.104.